The van der Waals surface area contributed by atoms with Crippen molar-refractivity contribution in [1.29, 1.82) is 0 Å². The Labute approximate surface area is 269 Å². The van der Waals surface area contributed by atoms with Crippen LogP contribution in [0.25, 0.3) is 0 Å². The van der Waals surface area contributed by atoms with Crippen LogP contribution in [0.3, 0.4) is 0 Å². The molecule has 0 saturated carbocycles. The van der Waals surface area contributed by atoms with E-state index in [4.69, 9.17) is 34.8 Å². The first-order valence-electron chi connectivity index (χ1n) is 13.4. The van der Waals surface area contributed by atoms with Crippen LogP contribution in [0.4, 0.5) is 18.9 Å². The molecule has 2 amide bonds. The molecule has 3 aromatic carbocycles. The SMILES string of the molecule is CC(C)CNC(=O)[C@@H](Cc1ccccc1)N(Cc1ccc(Cl)cc1Cl)C(=O)CN(c1cc(C(F)(F)F)ccc1Cl)S(C)(=O)=O. The fourth-order valence-corrected chi connectivity index (χ4v) is 5.88. The van der Waals surface area contributed by atoms with Crippen molar-refractivity contribution in [3.63, 3.8) is 0 Å². The maximum atomic E-state index is 14.1. The Morgan fingerprint density at radius 2 is 1.59 bits per heavy atom. The van der Waals surface area contributed by atoms with Crippen molar-refractivity contribution in [3.05, 3.63) is 98.5 Å². The first kappa shape index (κ1) is 35.5. The summed E-state index contributed by atoms with van der Waals surface area (Å²) in [4.78, 5) is 28.9. The number of alkyl halides is 3. The number of sulfonamides is 1. The fourth-order valence-electron chi connectivity index (χ4n) is 4.28. The van der Waals surface area contributed by atoms with E-state index in [-0.39, 0.29) is 28.9 Å². The molecule has 0 aliphatic carbocycles. The molecule has 3 rings (SSSR count). The number of nitrogens with one attached hydrogen (secondary N) is 1. The van der Waals surface area contributed by atoms with Crippen molar-refractivity contribution in [2.45, 2.75) is 39.0 Å². The summed E-state index contributed by atoms with van der Waals surface area (Å²) in [7, 11) is -4.35. The van der Waals surface area contributed by atoms with Gasteiger partial charge < -0.3 is 10.2 Å². The summed E-state index contributed by atoms with van der Waals surface area (Å²) < 4.78 is 67.0. The lowest BCUT2D eigenvalue weighted by Gasteiger charge is -2.34. The molecular weight excluding hydrogens is 662 g/mol. The van der Waals surface area contributed by atoms with Crippen LogP contribution in [0.1, 0.15) is 30.5 Å². The average Bonchev–Trinajstić information content (AvgIpc) is 2.93. The van der Waals surface area contributed by atoms with E-state index < -0.39 is 51.9 Å². The van der Waals surface area contributed by atoms with Crippen LogP contribution in [-0.4, -0.2) is 50.5 Å². The van der Waals surface area contributed by atoms with Gasteiger partial charge in [-0.3, -0.25) is 13.9 Å². The summed E-state index contributed by atoms with van der Waals surface area (Å²) in [5.74, 6) is -1.31. The standard InChI is InChI=1S/C30H31Cl3F3N3O4S/c1-19(2)16-37-29(41)27(13-20-7-5-4-6-8-20)38(17-21-9-11-23(31)15-25(21)33)28(40)18-39(44(3,42)43)26-14-22(30(34,35)36)10-12-24(26)32/h4-12,14-15,19,27H,13,16-18H2,1-3H3,(H,37,41)/t27-/m1/s1. The van der Waals surface area contributed by atoms with Crippen LogP contribution < -0.4 is 9.62 Å². The Kier molecular flexibility index (Phi) is 12.0. The maximum absolute atomic E-state index is 14.1. The van der Waals surface area contributed by atoms with E-state index >= 15 is 0 Å². The molecule has 3 aromatic rings. The molecule has 0 bridgehead atoms. The Balaban J connectivity index is 2.14. The van der Waals surface area contributed by atoms with E-state index in [1.54, 1.807) is 42.5 Å². The molecule has 0 heterocycles. The third-order valence-corrected chi connectivity index (χ3v) is 8.57. The number of nitrogens with zero attached hydrogens (tertiary/aromatic N) is 2. The predicted octanol–water partition coefficient (Wildman–Crippen LogP) is 6.84. The zero-order chi connectivity index (χ0) is 32.8. The van der Waals surface area contributed by atoms with Crippen LogP contribution in [0.15, 0.2) is 66.7 Å². The lowest BCUT2D eigenvalue weighted by atomic mass is 10.0. The highest BCUT2D eigenvalue weighted by Crippen LogP contribution is 2.36. The molecule has 0 unspecified atom stereocenters. The number of halogens is 6. The smallest absolute Gasteiger partial charge is 0.354 e. The molecule has 238 valence electrons. The number of carbonyl (C=O) groups is 2. The zero-order valence-electron chi connectivity index (χ0n) is 24.0. The van der Waals surface area contributed by atoms with Crippen molar-refractivity contribution >= 4 is 62.3 Å². The summed E-state index contributed by atoms with van der Waals surface area (Å²) in [6.07, 6.45) is -4.02. The van der Waals surface area contributed by atoms with Gasteiger partial charge in [0.05, 0.1) is 22.5 Å². The van der Waals surface area contributed by atoms with Gasteiger partial charge in [-0.05, 0) is 47.4 Å². The van der Waals surface area contributed by atoms with E-state index in [1.165, 1.54) is 6.07 Å². The third-order valence-electron chi connectivity index (χ3n) is 6.53. The van der Waals surface area contributed by atoms with E-state index in [9.17, 15) is 31.2 Å². The molecule has 14 heteroatoms. The second-order valence-electron chi connectivity index (χ2n) is 10.5. The Morgan fingerprint density at radius 1 is 0.932 bits per heavy atom. The topological polar surface area (TPSA) is 86.8 Å². The number of amides is 2. The molecule has 0 saturated heterocycles. The summed E-state index contributed by atoms with van der Waals surface area (Å²) in [6.45, 7) is 2.89. The second-order valence-corrected chi connectivity index (χ2v) is 13.7. The van der Waals surface area contributed by atoms with Crippen molar-refractivity contribution in [2.24, 2.45) is 5.92 Å². The maximum Gasteiger partial charge on any atom is 0.416 e. The quantitative estimate of drug-likeness (QED) is 0.225. The Morgan fingerprint density at radius 3 is 2.16 bits per heavy atom. The van der Waals surface area contributed by atoms with Crippen LogP contribution in [0.5, 0.6) is 0 Å². The van der Waals surface area contributed by atoms with Gasteiger partial charge in [0, 0.05) is 29.6 Å². The normalized spacial score (nSPS) is 12.6. The van der Waals surface area contributed by atoms with Gasteiger partial charge in [0.1, 0.15) is 12.6 Å². The molecule has 7 nitrogen and oxygen atoms in total. The lowest BCUT2D eigenvalue weighted by Crippen LogP contribution is -2.53. The number of carbonyl (C=O) groups excluding carboxylic acids is 2. The van der Waals surface area contributed by atoms with Gasteiger partial charge in [-0.15, -0.1) is 0 Å². The largest absolute Gasteiger partial charge is 0.416 e. The number of anilines is 1. The van der Waals surface area contributed by atoms with E-state index in [0.717, 1.165) is 17.2 Å². The van der Waals surface area contributed by atoms with Crippen molar-refractivity contribution < 1.29 is 31.2 Å². The number of benzene rings is 3. The van der Waals surface area contributed by atoms with Crippen molar-refractivity contribution in [3.8, 4) is 0 Å². The molecule has 1 atom stereocenters. The molecular formula is C30H31Cl3F3N3O4S. The zero-order valence-corrected chi connectivity index (χ0v) is 27.1. The first-order chi connectivity index (χ1) is 20.5. The third kappa shape index (κ3) is 9.76. The van der Waals surface area contributed by atoms with E-state index in [1.807, 2.05) is 13.8 Å². The summed E-state index contributed by atoms with van der Waals surface area (Å²) in [5.41, 5.74) is -0.580. The molecule has 0 aromatic heterocycles. The van der Waals surface area contributed by atoms with Crippen molar-refractivity contribution in [1.82, 2.24) is 10.2 Å². The van der Waals surface area contributed by atoms with Gasteiger partial charge in [-0.1, -0.05) is 85.0 Å². The molecule has 0 radical (unpaired) electrons. The van der Waals surface area contributed by atoms with Gasteiger partial charge in [-0.2, -0.15) is 13.2 Å². The molecule has 1 N–H and O–H groups in total. The summed E-state index contributed by atoms with van der Waals surface area (Å²) in [6, 6.07) is 14.4. The second kappa shape index (κ2) is 14.9. The lowest BCUT2D eigenvalue weighted by molar-refractivity contribution is -0.140. The molecule has 0 fully saturated rings. The molecule has 0 aliphatic rings. The monoisotopic (exact) mass is 691 g/mol. The minimum atomic E-state index is -4.81. The van der Waals surface area contributed by atoms with Gasteiger partial charge in [0.15, 0.2) is 0 Å². The first-order valence-corrected chi connectivity index (χ1v) is 16.3. The van der Waals surface area contributed by atoms with Gasteiger partial charge >= 0.3 is 6.18 Å². The number of hydrogen-bond donors (Lipinski definition) is 1. The number of hydrogen-bond acceptors (Lipinski definition) is 4. The van der Waals surface area contributed by atoms with E-state index in [0.29, 0.717) is 39.1 Å². The minimum absolute atomic E-state index is 0.0465. The van der Waals surface area contributed by atoms with E-state index in [2.05, 4.69) is 5.32 Å². The predicted molar refractivity (Wildman–Crippen MR) is 167 cm³/mol. The Hall–Kier alpha value is -2.99. The van der Waals surface area contributed by atoms with Crippen LogP contribution in [0.2, 0.25) is 15.1 Å². The highest BCUT2D eigenvalue weighted by molar-refractivity contribution is 7.92. The minimum Gasteiger partial charge on any atom is -0.354 e. The van der Waals surface area contributed by atoms with Gasteiger partial charge in [0.25, 0.3) is 0 Å². The van der Waals surface area contributed by atoms with Crippen LogP contribution in [0, 0.1) is 5.92 Å². The molecule has 0 aliphatic heterocycles. The highest BCUT2D eigenvalue weighted by atomic mass is 35.5. The average molecular weight is 693 g/mol. The van der Waals surface area contributed by atoms with Gasteiger partial charge in [0.2, 0.25) is 21.8 Å². The fraction of sp³-hybridized carbons (Fsp3) is 0.333. The van der Waals surface area contributed by atoms with Crippen LogP contribution in [-0.2, 0) is 38.8 Å². The molecule has 0 spiro atoms. The van der Waals surface area contributed by atoms with Crippen molar-refractivity contribution in [2.75, 3.05) is 23.7 Å². The summed E-state index contributed by atoms with van der Waals surface area (Å²) >= 11 is 18.7. The molecule has 44 heavy (non-hydrogen) atoms. The number of rotatable bonds is 12. The van der Waals surface area contributed by atoms with Gasteiger partial charge in [-0.25, -0.2) is 8.42 Å². The van der Waals surface area contributed by atoms with Crippen LogP contribution >= 0.6 is 34.8 Å². The highest BCUT2D eigenvalue weighted by Gasteiger charge is 2.36. The summed E-state index contributed by atoms with van der Waals surface area (Å²) in [5, 5.41) is 3.03. The Bertz CT molecular complexity index is 1590.